The number of rotatable bonds is 3. The molecular formula is C13H17Li. The number of hydrogen-bond donors (Lipinski definition) is 0. The van der Waals surface area contributed by atoms with Gasteiger partial charge in [0, 0.05) is 0 Å². The van der Waals surface area contributed by atoms with E-state index < -0.39 is 0 Å². The second kappa shape index (κ2) is 6.93. The quantitative estimate of drug-likeness (QED) is 0.480. The Morgan fingerprint density at radius 2 is 1.86 bits per heavy atom. The van der Waals surface area contributed by atoms with Gasteiger partial charge < -0.3 is 0 Å². The van der Waals surface area contributed by atoms with Crippen molar-refractivity contribution in [3.05, 3.63) is 42.0 Å². The van der Waals surface area contributed by atoms with E-state index in [9.17, 15) is 0 Å². The molecule has 1 heteroatoms. The molecule has 0 bridgehead atoms. The smallest absolute Gasteiger partial charge is 0.274 e. The van der Waals surface area contributed by atoms with Crippen LogP contribution in [-0.4, -0.2) is 0 Å². The zero-order valence-corrected chi connectivity index (χ0v) is 9.67. The largest absolute Gasteiger partial charge is 1.00 e. The van der Waals surface area contributed by atoms with Gasteiger partial charge in [-0.15, -0.1) is 19.1 Å². The standard InChI is InChI=1S/C13H17.Li/c1-4-11(3)13(5-2)12-9-7-6-8-10-12;/h6-11H,4H2,1-3H3;/q-1;+1. The average molecular weight is 180 g/mol. The molecule has 1 unspecified atom stereocenters. The summed E-state index contributed by atoms with van der Waals surface area (Å²) in [6.45, 7) is 6.46. The van der Waals surface area contributed by atoms with Crippen molar-refractivity contribution in [1.82, 2.24) is 0 Å². The van der Waals surface area contributed by atoms with Gasteiger partial charge in [-0.3, -0.25) is 6.08 Å². The zero-order chi connectivity index (χ0) is 9.68. The van der Waals surface area contributed by atoms with Crippen LogP contribution in [0, 0.1) is 12.0 Å². The summed E-state index contributed by atoms with van der Waals surface area (Å²) < 4.78 is 0. The molecule has 0 aromatic heterocycles. The van der Waals surface area contributed by atoms with E-state index in [0.717, 1.165) is 0 Å². The number of allylic oxidation sites excluding steroid dienone is 2. The van der Waals surface area contributed by atoms with Gasteiger partial charge in [-0.05, 0) is 0 Å². The van der Waals surface area contributed by atoms with Gasteiger partial charge >= 0.3 is 18.9 Å². The van der Waals surface area contributed by atoms with Crippen molar-refractivity contribution in [3.8, 4) is 0 Å². The van der Waals surface area contributed by atoms with Crippen LogP contribution in [0.15, 0.2) is 30.3 Å². The molecule has 0 amide bonds. The molecule has 1 atom stereocenters. The molecule has 0 radical (unpaired) electrons. The summed E-state index contributed by atoms with van der Waals surface area (Å²) in [6.07, 6.45) is 4.46. The van der Waals surface area contributed by atoms with Gasteiger partial charge in [-0.1, -0.05) is 44.4 Å². The Labute approximate surface area is 99.6 Å². The summed E-state index contributed by atoms with van der Waals surface area (Å²) in [7, 11) is 0. The van der Waals surface area contributed by atoms with Crippen LogP contribution in [0.1, 0.15) is 32.8 Å². The summed E-state index contributed by atoms with van der Waals surface area (Å²) >= 11 is 0. The van der Waals surface area contributed by atoms with Crippen molar-refractivity contribution in [2.75, 3.05) is 0 Å². The minimum Gasteiger partial charge on any atom is -0.274 e. The van der Waals surface area contributed by atoms with E-state index in [1.54, 1.807) is 0 Å². The third-order valence-corrected chi connectivity index (χ3v) is 2.46. The third kappa shape index (κ3) is 3.37. The second-order valence-corrected chi connectivity index (χ2v) is 3.34. The Morgan fingerprint density at radius 3 is 2.29 bits per heavy atom. The molecule has 0 N–H and O–H groups in total. The predicted octanol–water partition coefficient (Wildman–Crippen LogP) is 0.943. The zero-order valence-electron chi connectivity index (χ0n) is 9.67. The van der Waals surface area contributed by atoms with Crippen molar-refractivity contribution < 1.29 is 18.9 Å². The van der Waals surface area contributed by atoms with Crippen molar-refractivity contribution in [3.63, 3.8) is 0 Å². The molecule has 1 rings (SSSR count). The summed E-state index contributed by atoms with van der Waals surface area (Å²) in [5, 5.41) is 0. The summed E-state index contributed by atoms with van der Waals surface area (Å²) in [5.74, 6) is 0.604. The van der Waals surface area contributed by atoms with Gasteiger partial charge in [0.25, 0.3) is 0 Å². The molecule has 0 saturated carbocycles. The Morgan fingerprint density at radius 1 is 1.29 bits per heavy atom. The van der Waals surface area contributed by atoms with Gasteiger partial charge in [-0.25, -0.2) is 5.57 Å². The number of hydrogen-bond acceptors (Lipinski definition) is 0. The van der Waals surface area contributed by atoms with E-state index in [1.807, 2.05) is 13.0 Å². The molecule has 0 saturated heterocycles. The van der Waals surface area contributed by atoms with Crippen LogP contribution in [0.4, 0.5) is 0 Å². The molecule has 0 heterocycles. The molecule has 0 aliphatic carbocycles. The van der Waals surface area contributed by atoms with Crippen molar-refractivity contribution in [1.29, 1.82) is 0 Å². The third-order valence-electron chi connectivity index (χ3n) is 2.46. The Balaban J connectivity index is 0.00000169. The Bertz CT molecular complexity index is 275. The maximum Gasteiger partial charge on any atom is 1.00 e. The fraction of sp³-hybridized carbons (Fsp3) is 0.385. The molecular weight excluding hydrogens is 163 g/mol. The predicted molar refractivity (Wildman–Crippen MR) is 58.2 cm³/mol. The first kappa shape index (κ1) is 13.6. The SMILES string of the molecule is C[C-]=C(c1ccccc1)C(C)CC.[Li+]. The van der Waals surface area contributed by atoms with Crippen LogP contribution in [0.2, 0.25) is 0 Å². The summed E-state index contributed by atoms with van der Waals surface area (Å²) in [5.41, 5.74) is 2.64. The Hall–Kier alpha value is -0.443. The average Bonchev–Trinajstić information content (AvgIpc) is 2.20. The number of benzene rings is 1. The summed E-state index contributed by atoms with van der Waals surface area (Å²) in [6, 6.07) is 10.5. The molecule has 0 spiro atoms. The minimum atomic E-state index is 0. The van der Waals surface area contributed by atoms with E-state index in [1.165, 1.54) is 17.6 Å². The molecule has 0 aliphatic rings. The van der Waals surface area contributed by atoms with Crippen molar-refractivity contribution >= 4 is 5.57 Å². The van der Waals surface area contributed by atoms with E-state index in [2.05, 4.69) is 44.2 Å². The van der Waals surface area contributed by atoms with E-state index in [-0.39, 0.29) is 18.9 Å². The van der Waals surface area contributed by atoms with Crippen molar-refractivity contribution in [2.24, 2.45) is 5.92 Å². The van der Waals surface area contributed by atoms with Crippen molar-refractivity contribution in [2.45, 2.75) is 27.2 Å². The first-order valence-corrected chi connectivity index (χ1v) is 4.89. The first-order valence-electron chi connectivity index (χ1n) is 4.89. The van der Waals surface area contributed by atoms with Crippen LogP contribution in [0.3, 0.4) is 0 Å². The first-order chi connectivity index (χ1) is 6.29. The maximum atomic E-state index is 3.29. The summed E-state index contributed by atoms with van der Waals surface area (Å²) in [4.78, 5) is 0. The topological polar surface area (TPSA) is 0 Å². The fourth-order valence-corrected chi connectivity index (χ4v) is 1.50. The van der Waals surface area contributed by atoms with Gasteiger partial charge in [-0.2, -0.15) is 5.56 Å². The minimum absolute atomic E-state index is 0. The van der Waals surface area contributed by atoms with Crippen LogP contribution < -0.4 is 18.9 Å². The molecule has 1 aromatic rings. The van der Waals surface area contributed by atoms with E-state index in [4.69, 9.17) is 0 Å². The van der Waals surface area contributed by atoms with Crippen LogP contribution in [-0.2, 0) is 0 Å². The maximum absolute atomic E-state index is 3.29. The van der Waals surface area contributed by atoms with Gasteiger partial charge in [0.2, 0.25) is 0 Å². The molecule has 14 heavy (non-hydrogen) atoms. The molecule has 0 aliphatic heterocycles. The van der Waals surface area contributed by atoms with E-state index in [0.29, 0.717) is 5.92 Å². The van der Waals surface area contributed by atoms with Crippen LogP contribution in [0.25, 0.3) is 5.57 Å². The molecule has 1 aromatic carbocycles. The molecule has 70 valence electrons. The molecule has 0 nitrogen and oxygen atoms in total. The second-order valence-electron chi connectivity index (χ2n) is 3.34. The van der Waals surface area contributed by atoms with Gasteiger partial charge in [0.15, 0.2) is 0 Å². The van der Waals surface area contributed by atoms with E-state index >= 15 is 0 Å². The normalized spacial score (nSPS) is 13.2. The van der Waals surface area contributed by atoms with Crippen LogP contribution in [0.5, 0.6) is 0 Å². The molecule has 0 fully saturated rings. The van der Waals surface area contributed by atoms with Gasteiger partial charge in [0.05, 0.1) is 0 Å². The fourth-order valence-electron chi connectivity index (χ4n) is 1.50. The van der Waals surface area contributed by atoms with Gasteiger partial charge in [0.1, 0.15) is 0 Å². The monoisotopic (exact) mass is 180 g/mol. The Kier molecular flexibility index (Phi) is 6.71. The van der Waals surface area contributed by atoms with Crippen LogP contribution >= 0.6 is 0 Å².